The molecule has 2 heterocycles. The molecule has 192 valence electrons. The summed E-state index contributed by atoms with van der Waals surface area (Å²) in [5.74, 6) is -0.987. The molecule has 0 bridgehead atoms. The van der Waals surface area contributed by atoms with E-state index < -0.39 is 22.8 Å². The van der Waals surface area contributed by atoms with Crippen molar-refractivity contribution >= 4 is 11.6 Å². The van der Waals surface area contributed by atoms with E-state index in [4.69, 9.17) is 16.3 Å². The van der Waals surface area contributed by atoms with E-state index in [1.807, 2.05) is 19.1 Å². The SMILES string of the molecule is Cc1ccc(-c2ccnc(C(C)(C)O)n2)cc1-n1c(C)nc(OCc2ccc(F)c(C)c2F)c(Cl)c1=O. The Morgan fingerprint density at radius 3 is 2.51 bits per heavy atom. The summed E-state index contributed by atoms with van der Waals surface area (Å²) in [5, 5.41) is 10.0. The molecule has 0 amide bonds. The highest BCUT2D eigenvalue weighted by Crippen LogP contribution is 2.27. The smallest absolute Gasteiger partial charge is 0.280 e. The highest BCUT2D eigenvalue weighted by Gasteiger charge is 2.21. The molecule has 0 saturated heterocycles. The molecule has 10 heteroatoms. The first-order valence-corrected chi connectivity index (χ1v) is 11.8. The van der Waals surface area contributed by atoms with Crippen LogP contribution in [0.1, 0.15) is 42.2 Å². The summed E-state index contributed by atoms with van der Waals surface area (Å²) >= 11 is 6.34. The molecule has 4 rings (SSSR count). The Morgan fingerprint density at radius 1 is 1.08 bits per heavy atom. The quantitative estimate of drug-likeness (QED) is 0.364. The van der Waals surface area contributed by atoms with Crippen molar-refractivity contribution in [3.05, 3.63) is 97.9 Å². The van der Waals surface area contributed by atoms with Gasteiger partial charge in [0.2, 0.25) is 5.88 Å². The number of hydrogen-bond acceptors (Lipinski definition) is 6. The molecule has 0 unspecified atom stereocenters. The molecular weight excluding hydrogens is 502 g/mol. The molecule has 4 aromatic rings. The monoisotopic (exact) mass is 526 g/mol. The van der Waals surface area contributed by atoms with Crippen LogP contribution in [0.5, 0.6) is 5.88 Å². The molecule has 0 saturated carbocycles. The Balaban J connectivity index is 1.72. The average Bonchev–Trinajstić information content (AvgIpc) is 2.85. The van der Waals surface area contributed by atoms with Crippen molar-refractivity contribution in [3.8, 4) is 22.8 Å². The summed E-state index contributed by atoms with van der Waals surface area (Å²) in [6.45, 7) is 7.70. The fourth-order valence-electron chi connectivity index (χ4n) is 3.76. The van der Waals surface area contributed by atoms with E-state index in [9.17, 15) is 18.7 Å². The number of halogens is 3. The van der Waals surface area contributed by atoms with Crippen molar-refractivity contribution in [1.29, 1.82) is 0 Å². The zero-order valence-electron chi connectivity index (χ0n) is 20.9. The van der Waals surface area contributed by atoms with E-state index in [1.165, 1.54) is 17.6 Å². The maximum Gasteiger partial charge on any atom is 0.280 e. The van der Waals surface area contributed by atoms with E-state index in [0.29, 0.717) is 22.8 Å². The lowest BCUT2D eigenvalue weighted by Gasteiger charge is -2.17. The topological polar surface area (TPSA) is 90.1 Å². The Morgan fingerprint density at radius 2 is 1.81 bits per heavy atom. The predicted molar refractivity (Wildman–Crippen MR) is 136 cm³/mol. The van der Waals surface area contributed by atoms with E-state index >= 15 is 0 Å². The Bertz CT molecular complexity index is 1570. The van der Waals surface area contributed by atoms with Gasteiger partial charge >= 0.3 is 0 Å². The molecule has 0 aliphatic rings. The molecule has 0 aliphatic carbocycles. The van der Waals surface area contributed by atoms with Gasteiger partial charge in [-0.05, 0) is 64.4 Å². The molecule has 0 fully saturated rings. The zero-order valence-corrected chi connectivity index (χ0v) is 21.7. The lowest BCUT2D eigenvalue weighted by atomic mass is 10.1. The lowest BCUT2D eigenvalue weighted by molar-refractivity contribution is 0.0688. The standard InChI is InChI=1S/C27H25ClF2N4O3/c1-14-6-7-17(20-10-11-31-26(33-20)27(4,5)36)12-21(14)34-16(3)32-24(22(28)25(34)35)37-13-18-8-9-19(29)15(2)23(18)30/h6-12,36H,13H2,1-5H3. The summed E-state index contributed by atoms with van der Waals surface area (Å²) in [6.07, 6.45) is 1.56. The largest absolute Gasteiger partial charge is 0.471 e. The first-order valence-electron chi connectivity index (χ1n) is 11.4. The van der Waals surface area contributed by atoms with Crippen molar-refractivity contribution in [3.63, 3.8) is 0 Å². The molecule has 37 heavy (non-hydrogen) atoms. The molecule has 2 aromatic heterocycles. The van der Waals surface area contributed by atoms with Gasteiger partial charge in [0.1, 0.15) is 29.7 Å². The number of benzene rings is 2. The van der Waals surface area contributed by atoms with Crippen LogP contribution in [0.2, 0.25) is 5.02 Å². The van der Waals surface area contributed by atoms with Crippen molar-refractivity contribution in [2.75, 3.05) is 0 Å². The molecule has 0 radical (unpaired) electrons. The Kier molecular flexibility index (Phi) is 7.12. The van der Waals surface area contributed by atoms with Crippen molar-refractivity contribution in [2.24, 2.45) is 0 Å². The van der Waals surface area contributed by atoms with Gasteiger partial charge in [-0.15, -0.1) is 0 Å². The fraction of sp³-hybridized carbons (Fsp3) is 0.259. The van der Waals surface area contributed by atoms with Gasteiger partial charge in [-0.2, -0.15) is 4.98 Å². The number of aliphatic hydroxyl groups is 1. The van der Waals surface area contributed by atoms with Crippen LogP contribution < -0.4 is 10.3 Å². The minimum Gasteiger partial charge on any atom is -0.471 e. The van der Waals surface area contributed by atoms with Crippen LogP contribution in [0.15, 0.2) is 47.4 Å². The summed E-state index contributed by atoms with van der Waals surface area (Å²) < 4.78 is 34.8. The molecule has 0 aliphatic heterocycles. The maximum absolute atomic E-state index is 14.4. The summed E-state index contributed by atoms with van der Waals surface area (Å²) in [5.41, 5.74) is 0.761. The maximum atomic E-state index is 14.4. The second-order valence-electron chi connectivity index (χ2n) is 9.18. The number of aromatic nitrogens is 4. The zero-order chi connectivity index (χ0) is 27.1. The minimum atomic E-state index is -1.22. The lowest BCUT2D eigenvalue weighted by Crippen LogP contribution is -2.24. The molecule has 0 atom stereocenters. The van der Waals surface area contributed by atoms with Crippen LogP contribution in [0.3, 0.4) is 0 Å². The van der Waals surface area contributed by atoms with Crippen molar-refractivity contribution in [1.82, 2.24) is 19.5 Å². The average molecular weight is 527 g/mol. The van der Waals surface area contributed by atoms with Crippen LogP contribution in [0.25, 0.3) is 16.9 Å². The van der Waals surface area contributed by atoms with Crippen molar-refractivity contribution in [2.45, 2.75) is 46.8 Å². The predicted octanol–water partition coefficient (Wildman–Crippen LogP) is 5.35. The normalized spacial score (nSPS) is 11.6. The van der Waals surface area contributed by atoms with Gasteiger partial charge in [-0.25, -0.2) is 18.7 Å². The van der Waals surface area contributed by atoms with Gasteiger partial charge in [0.15, 0.2) is 10.8 Å². The van der Waals surface area contributed by atoms with E-state index in [-0.39, 0.29) is 34.5 Å². The third-order valence-corrected chi connectivity index (χ3v) is 6.20. The first kappa shape index (κ1) is 26.4. The van der Waals surface area contributed by atoms with Gasteiger partial charge in [-0.1, -0.05) is 23.7 Å². The van der Waals surface area contributed by atoms with E-state index in [2.05, 4.69) is 15.0 Å². The Hall–Kier alpha value is -3.69. The van der Waals surface area contributed by atoms with Crippen LogP contribution in [0.4, 0.5) is 8.78 Å². The number of nitrogens with zero attached hydrogens (tertiary/aromatic N) is 4. The minimum absolute atomic E-state index is 0.109. The van der Waals surface area contributed by atoms with Gasteiger partial charge in [0.25, 0.3) is 5.56 Å². The van der Waals surface area contributed by atoms with Gasteiger partial charge in [0, 0.05) is 22.9 Å². The summed E-state index contributed by atoms with van der Waals surface area (Å²) in [6, 6.07) is 9.58. The molecule has 2 aromatic carbocycles. The molecule has 0 spiro atoms. The Labute approximate surface area is 217 Å². The van der Waals surface area contributed by atoms with Crippen LogP contribution in [-0.2, 0) is 12.2 Å². The number of aryl methyl sites for hydroxylation is 2. The third-order valence-electron chi connectivity index (χ3n) is 5.88. The number of hydrogen-bond donors (Lipinski definition) is 1. The summed E-state index contributed by atoms with van der Waals surface area (Å²) in [7, 11) is 0. The van der Waals surface area contributed by atoms with Gasteiger partial charge in [-0.3, -0.25) is 9.36 Å². The van der Waals surface area contributed by atoms with E-state index in [0.717, 1.165) is 11.6 Å². The second kappa shape index (κ2) is 9.99. The number of rotatable bonds is 6. The molecule has 1 N–H and O–H groups in total. The molecular formula is C27H25ClF2N4O3. The van der Waals surface area contributed by atoms with E-state index in [1.54, 1.807) is 39.1 Å². The first-order chi connectivity index (χ1) is 17.4. The highest BCUT2D eigenvalue weighted by molar-refractivity contribution is 6.31. The van der Waals surface area contributed by atoms with Gasteiger partial charge in [0.05, 0.1) is 11.4 Å². The molecule has 7 nitrogen and oxygen atoms in total. The van der Waals surface area contributed by atoms with Crippen LogP contribution >= 0.6 is 11.6 Å². The third kappa shape index (κ3) is 5.23. The van der Waals surface area contributed by atoms with Crippen molar-refractivity contribution < 1.29 is 18.6 Å². The summed E-state index contributed by atoms with van der Waals surface area (Å²) in [4.78, 5) is 26.2. The van der Waals surface area contributed by atoms with Crippen LogP contribution in [0, 0.1) is 32.4 Å². The fourth-order valence-corrected chi connectivity index (χ4v) is 3.94. The second-order valence-corrected chi connectivity index (χ2v) is 9.56. The number of ether oxygens (including phenoxy) is 1. The van der Waals surface area contributed by atoms with Crippen LogP contribution in [-0.4, -0.2) is 24.6 Å². The van der Waals surface area contributed by atoms with Gasteiger partial charge < -0.3 is 9.84 Å². The highest BCUT2D eigenvalue weighted by atomic mass is 35.5.